The Balaban J connectivity index is 1.95. The number of hydrogen-bond donors (Lipinski definition) is 1. The van der Waals surface area contributed by atoms with Gasteiger partial charge in [-0.05, 0) is 36.8 Å². The molecule has 0 spiro atoms. The third-order valence-electron chi connectivity index (χ3n) is 3.48. The second kappa shape index (κ2) is 6.00. The van der Waals surface area contributed by atoms with Crippen LogP contribution in [0.2, 0.25) is 10.0 Å². The van der Waals surface area contributed by atoms with Crippen LogP contribution >= 0.6 is 23.2 Å². The summed E-state index contributed by atoms with van der Waals surface area (Å²) in [6, 6.07) is 5.40. The number of sulfone groups is 1. The van der Waals surface area contributed by atoms with Crippen LogP contribution in [0.15, 0.2) is 18.2 Å². The van der Waals surface area contributed by atoms with Crippen molar-refractivity contribution in [2.24, 2.45) is 11.7 Å². The van der Waals surface area contributed by atoms with Crippen LogP contribution in [0.3, 0.4) is 0 Å². The van der Waals surface area contributed by atoms with Gasteiger partial charge < -0.3 is 5.73 Å². The molecule has 0 amide bonds. The molecule has 0 aromatic heterocycles. The fourth-order valence-electron chi connectivity index (χ4n) is 2.56. The van der Waals surface area contributed by atoms with Gasteiger partial charge in [0.05, 0.1) is 21.6 Å². The summed E-state index contributed by atoms with van der Waals surface area (Å²) in [5, 5.41) is 1.06. The molecule has 0 aliphatic carbocycles. The van der Waals surface area contributed by atoms with Crippen molar-refractivity contribution < 1.29 is 8.42 Å². The van der Waals surface area contributed by atoms with Gasteiger partial charge in [0, 0.05) is 6.04 Å². The van der Waals surface area contributed by atoms with Gasteiger partial charge in [0.15, 0.2) is 9.84 Å². The highest BCUT2D eigenvalue weighted by atomic mass is 35.5. The molecule has 2 N–H and O–H groups in total. The van der Waals surface area contributed by atoms with Gasteiger partial charge in [0.2, 0.25) is 0 Å². The molecule has 1 aromatic rings. The molecular formula is C13H17Cl2NO2S. The number of nitrogens with two attached hydrogens (primary N) is 1. The normalized spacial score (nSPS) is 23.4. The van der Waals surface area contributed by atoms with E-state index in [9.17, 15) is 8.42 Å². The van der Waals surface area contributed by atoms with Crippen LogP contribution in [-0.2, 0) is 16.3 Å². The Labute approximate surface area is 124 Å². The van der Waals surface area contributed by atoms with E-state index in [0.29, 0.717) is 28.6 Å². The lowest BCUT2D eigenvalue weighted by Crippen LogP contribution is -2.26. The Morgan fingerprint density at radius 2 is 2.11 bits per heavy atom. The Bertz CT molecular complexity index is 560. The molecule has 6 heteroatoms. The first-order valence-electron chi connectivity index (χ1n) is 6.26. The van der Waals surface area contributed by atoms with Crippen molar-refractivity contribution >= 4 is 33.0 Å². The third-order valence-corrected chi connectivity index (χ3v) is 6.17. The first-order chi connectivity index (χ1) is 8.87. The maximum absolute atomic E-state index is 11.4. The van der Waals surface area contributed by atoms with Gasteiger partial charge in [-0.15, -0.1) is 0 Å². The standard InChI is InChI=1S/C13H17Cl2NO2S/c14-12-3-1-2-10(13(12)15)7-11(16)6-9-4-5-19(17,18)8-9/h1-3,9,11H,4-8,16H2. The quantitative estimate of drug-likeness (QED) is 0.927. The molecule has 1 fully saturated rings. The second-order valence-electron chi connectivity index (χ2n) is 5.18. The summed E-state index contributed by atoms with van der Waals surface area (Å²) < 4.78 is 22.8. The Morgan fingerprint density at radius 1 is 1.37 bits per heavy atom. The van der Waals surface area contributed by atoms with Crippen molar-refractivity contribution in [3.63, 3.8) is 0 Å². The number of rotatable bonds is 4. The summed E-state index contributed by atoms with van der Waals surface area (Å²) in [5.74, 6) is 0.740. The number of hydrogen-bond acceptors (Lipinski definition) is 3. The van der Waals surface area contributed by atoms with Crippen molar-refractivity contribution in [1.82, 2.24) is 0 Å². The van der Waals surface area contributed by atoms with Crippen LogP contribution in [0, 0.1) is 5.92 Å². The molecule has 0 saturated carbocycles. The topological polar surface area (TPSA) is 60.2 Å². The van der Waals surface area contributed by atoms with Crippen molar-refractivity contribution in [2.75, 3.05) is 11.5 Å². The Kier molecular flexibility index (Phi) is 4.77. The maximum Gasteiger partial charge on any atom is 0.150 e. The van der Waals surface area contributed by atoms with Crippen LogP contribution in [0.25, 0.3) is 0 Å². The van der Waals surface area contributed by atoms with Crippen molar-refractivity contribution in [1.29, 1.82) is 0 Å². The van der Waals surface area contributed by atoms with Gasteiger partial charge >= 0.3 is 0 Å². The maximum atomic E-state index is 11.4. The van der Waals surface area contributed by atoms with Gasteiger partial charge in [0.1, 0.15) is 0 Å². The summed E-state index contributed by atoms with van der Waals surface area (Å²) in [4.78, 5) is 0. The van der Waals surface area contributed by atoms with E-state index >= 15 is 0 Å². The summed E-state index contributed by atoms with van der Waals surface area (Å²) in [6.07, 6.45) is 2.05. The van der Waals surface area contributed by atoms with Crippen molar-refractivity contribution in [2.45, 2.75) is 25.3 Å². The molecule has 0 radical (unpaired) electrons. The van der Waals surface area contributed by atoms with E-state index in [-0.39, 0.29) is 17.7 Å². The molecule has 1 saturated heterocycles. The van der Waals surface area contributed by atoms with Crippen LogP contribution in [0.4, 0.5) is 0 Å². The van der Waals surface area contributed by atoms with E-state index in [1.165, 1.54) is 0 Å². The third kappa shape index (κ3) is 4.09. The zero-order valence-electron chi connectivity index (χ0n) is 10.5. The minimum absolute atomic E-state index is 0.0886. The average Bonchev–Trinajstić information content (AvgIpc) is 2.64. The lowest BCUT2D eigenvalue weighted by Gasteiger charge is -2.16. The first kappa shape index (κ1) is 15.1. The lowest BCUT2D eigenvalue weighted by molar-refractivity contribution is 0.468. The molecule has 3 nitrogen and oxygen atoms in total. The summed E-state index contributed by atoms with van der Waals surface area (Å²) in [6.45, 7) is 0. The van der Waals surface area contributed by atoms with Crippen LogP contribution in [0.5, 0.6) is 0 Å². The van der Waals surface area contributed by atoms with E-state index in [4.69, 9.17) is 28.9 Å². The lowest BCUT2D eigenvalue weighted by atomic mass is 9.95. The molecule has 2 rings (SSSR count). The Hall–Kier alpha value is -0.290. The van der Waals surface area contributed by atoms with E-state index in [0.717, 1.165) is 12.0 Å². The average molecular weight is 322 g/mol. The SMILES string of the molecule is NC(Cc1cccc(Cl)c1Cl)CC1CCS(=O)(=O)C1. The van der Waals surface area contributed by atoms with Crippen molar-refractivity contribution in [3.8, 4) is 0 Å². The molecule has 1 aliphatic heterocycles. The minimum Gasteiger partial charge on any atom is -0.327 e. The fourth-order valence-corrected chi connectivity index (χ4v) is 4.84. The predicted molar refractivity (Wildman–Crippen MR) is 79.5 cm³/mol. The van der Waals surface area contributed by atoms with Crippen molar-refractivity contribution in [3.05, 3.63) is 33.8 Å². The minimum atomic E-state index is -2.83. The Morgan fingerprint density at radius 3 is 2.74 bits per heavy atom. The highest BCUT2D eigenvalue weighted by Crippen LogP contribution is 2.28. The van der Waals surface area contributed by atoms with E-state index in [1.807, 2.05) is 12.1 Å². The van der Waals surface area contributed by atoms with Gasteiger partial charge in [0.25, 0.3) is 0 Å². The molecule has 1 heterocycles. The first-order valence-corrected chi connectivity index (χ1v) is 8.84. The summed E-state index contributed by atoms with van der Waals surface area (Å²) >= 11 is 12.1. The second-order valence-corrected chi connectivity index (χ2v) is 8.20. The van der Waals surface area contributed by atoms with E-state index in [2.05, 4.69) is 0 Å². The zero-order valence-corrected chi connectivity index (χ0v) is 12.8. The molecule has 2 atom stereocenters. The van der Waals surface area contributed by atoms with Gasteiger partial charge in [-0.1, -0.05) is 35.3 Å². The van der Waals surface area contributed by atoms with Crippen LogP contribution in [0.1, 0.15) is 18.4 Å². The zero-order chi connectivity index (χ0) is 14.0. The highest BCUT2D eigenvalue weighted by molar-refractivity contribution is 7.91. The molecular weight excluding hydrogens is 305 g/mol. The highest BCUT2D eigenvalue weighted by Gasteiger charge is 2.29. The molecule has 1 aliphatic rings. The summed E-state index contributed by atoms with van der Waals surface area (Å²) in [5.41, 5.74) is 7.02. The van der Waals surface area contributed by atoms with E-state index in [1.54, 1.807) is 6.07 Å². The van der Waals surface area contributed by atoms with Crippen LogP contribution in [-0.4, -0.2) is 26.0 Å². The van der Waals surface area contributed by atoms with Gasteiger partial charge in [-0.2, -0.15) is 0 Å². The monoisotopic (exact) mass is 321 g/mol. The van der Waals surface area contributed by atoms with Gasteiger partial charge in [-0.25, -0.2) is 8.42 Å². The molecule has 1 aromatic carbocycles. The van der Waals surface area contributed by atoms with Gasteiger partial charge in [-0.3, -0.25) is 0 Å². The smallest absolute Gasteiger partial charge is 0.150 e. The molecule has 2 unspecified atom stereocenters. The predicted octanol–water partition coefficient (Wildman–Crippen LogP) is 2.69. The molecule has 19 heavy (non-hydrogen) atoms. The van der Waals surface area contributed by atoms with E-state index < -0.39 is 9.84 Å². The largest absolute Gasteiger partial charge is 0.327 e. The number of benzene rings is 1. The fraction of sp³-hybridized carbons (Fsp3) is 0.538. The summed E-state index contributed by atoms with van der Waals surface area (Å²) in [7, 11) is -2.83. The molecule has 106 valence electrons. The molecule has 0 bridgehead atoms. The number of halogens is 2. The van der Waals surface area contributed by atoms with Crippen LogP contribution < -0.4 is 5.73 Å².